The molecule has 1 amide bonds. The lowest BCUT2D eigenvalue weighted by Gasteiger charge is -2.06. The molecule has 0 aliphatic carbocycles. The molecule has 1 aromatic carbocycles. The van der Waals surface area contributed by atoms with Crippen molar-refractivity contribution in [3.63, 3.8) is 0 Å². The first kappa shape index (κ1) is 16.6. The summed E-state index contributed by atoms with van der Waals surface area (Å²) >= 11 is 0. The molecule has 0 aromatic heterocycles. The molecular weight excluding hydrogens is 278 g/mol. The SMILES string of the molecule is COC(=O)CCNCCNC(=O)c1ccc([N+](=O)[O-])cc1. The fraction of sp³-hybridized carbons (Fsp3) is 0.385. The summed E-state index contributed by atoms with van der Waals surface area (Å²) in [5.41, 5.74) is 0.297. The molecule has 0 radical (unpaired) electrons. The van der Waals surface area contributed by atoms with E-state index >= 15 is 0 Å². The van der Waals surface area contributed by atoms with Gasteiger partial charge in [0.15, 0.2) is 0 Å². The van der Waals surface area contributed by atoms with Crippen LogP contribution < -0.4 is 10.6 Å². The Morgan fingerprint density at radius 3 is 2.43 bits per heavy atom. The molecule has 1 aromatic rings. The van der Waals surface area contributed by atoms with Gasteiger partial charge in [0.25, 0.3) is 11.6 Å². The van der Waals surface area contributed by atoms with Gasteiger partial charge in [-0.25, -0.2) is 0 Å². The second kappa shape index (κ2) is 8.64. The van der Waals surface area contributed by atoms with Gasteiger partial charge in [-0.1, -0.05) is 0 Å². The second-order valence-electron chi connectivity index (χ2n) is 4.14. The summed E-state index contributed by atoms with van der Waals surface area (Å²) in [5, 5.41) is 16.1. The highest BCUT2D eigenvalue weighted by Gasteiger charge is 2.08. The molecule has 8 nitrogen and oxygen atoms in total. The van der Waals surface area contributed by atoms with E-state index in [1.54, 1.807) is 0 Å². The second-order valence-corrected chi connectivity index (χ2v) is 4.14. The van der Waals surface area contributed by atoms with Crippen molar-refractivity contribution in [1.82, 2.24) is 10.6 Å². The summed E-state index contributed by atoms with van der Waals surface area (Å²) < 4.78 is 4.48. The third-order valence-electron chi connectivity index (χ3n) is 2.66. The lowest BCUT2D eigenvalue weighted by Crippen LogP contribution is -2.32. The Bertz CT molecular complexity index is 501. The minimum Gasteiger partial charge on any atom is -0.469 e. The molecule has 21 heavy (non-hydrogen) atoms. The lowest BCUT2D eigenvalue weighted by molar-refractivity contribution is -0.384. The van der Waals surface area contributed by atoms with E-state index in [1.807, 2.05) is 0 Å². The summed E-state index contributed by atoms with van der Waals surface area (Å²) in [7, 11) is 1.33. The summed E-state index contributed by atoms with van der Waals surface area (Å²) in [6, 6.07) is 5.36. The van der Waals surface area contributed by atoms with E-state index in [0.29, 0.717) is 25.2 Å². The normalized spacial score (nSPS) is 9.95. The molecule has 0 aliphatic heterocycles. The Morgan fingerprint density at radius 2 is 1.86 bits per heavy atom. The van der Waals surface area contributed by atoms with Gasteiger partial charge < -0.3 is 15.4 Å². The molecule has 0 atom stereocenters. The van der Waals surface area contributed by atoms with E-state index in [2.05, 4.69) is 15.4 Å². The van der Waals surface area contributed by atoms with Crippen LogP contribution >= 0.6 is 0 Å². The molecule has 0 saturated heterocycles. The van der Waals surface area contributed by atoms with E-state index in [9.17, 15) is 19.7 Å². The minimum atomic E-state index is -0.521. The average Bonchev–Trinajstić information content (AvgIpc) is 2.50. The third kappa shape index (κ3) is 6.00. The minimum absolute atomic E-state index is 0.0592. The predicted octanol–water partition coefficient (Wildman–Crippen LogP) is 0.477. The number of ether oxygens (including phenoxy) is 1. The molecule has 0 bridgehead atoms. The van der Waals surface area contributed by atoms with Crippen molar-refractivity contribution in [2.24, 2.45) is 0 Å². The third-order valence-corrected chi connectivity index (χ3v) is 2.66. The number of rotatable bonds is 8. The van der Waals surface area contributed by atoms with Gasteiger partial charge in [-0.15, -0.1) is 0 Å². The highest BCUT2D eigenvalue weighted by Crippen LogP contribution is 2.11. The predicted molar refractivity (Wildman–Crippen MR) is 74.9 cm³/mol. The molecule has 0 aliphatic rings. The molecule has 114 valence electrons. The highest BCUT2D eigenvalue weighted by molar-refractivity contribution is 5.94. The Morgan fingerprint density at radius 1 is 1.19 bits per heavy atom. The van der Waals surface area contributed by atoms with Crippen molar-refractivity contribution in [2.75, 3.05) is 26.7 Å². The topological polar surface area (TPSA) is 111 Å². The van der Waals surface area contributed by atoms with Crippen LogP contribution in [0.25, 0.3) is 0 Å². The van der Waals surface area contributed by atoms with Gasteiger partial charge in [0.1, 0.15) is 0 Å². The number of carbonyl (C=O) groups is 2. The van der Waals surface area contributed by atoms with Crippen LogP contribution in [-0.2, 0) is 9.53 Å². The van der Waals surface area contributed by atoms with E-state index in [0.717, 1.165) is 0 Å². The fourth-order valence-electron chi connectivity index (χ4n) is 1.52. The first-order valence-corrected chi connectivity index (χ1v) is 6.34. The number of benzene rings is 1. The smallest absolute Gasteiger partial charge is 0.306 e. The van der Waals surface area contributed by atoms with Crippen LogP contribution in [0.1, 0.15) is 16.8 Å². The quantitative estimate of drug-likeness (QED) is 0.312. The summed E-state index contributed by atoms with van der Waals surface area (Å²) in [4.78, 5) is 32.5. The summed E-state index contributed by atoms with van der Waals surface area (Å²) in [6.07, 6.45) is 0.271. The summed E-state index contributed by atoms with van der Waals surface area (Å²) in [6.45, 7) is 1.37. The molecule has 0 spiro atoms. The highest BCUT2D eigenvalue weighted by atomic mass is 16.6. The number of hydrogen-bond donors (Lipinski definition) is 2. The van der Waals surface area contributed by atoms with E-state index in [-0.39, 0.29) is 24.0 Å². The van der Waals surface area contributed by atoms with Crippen molar-refractivity contribution in [1.29, 1.82) is 0 Å². The molecule has 0 heterocycles. The first-order chi connectivity index (χ1) is 10.0. The average molecular weight is 295 g/mol. The molecule has 2 N–H and O–H groups in total. The standard InChI is InChI=1S/C13H17N3O5/c1-21-12(17)6-7-14-8-9-15-13(18)10-2-4-11(5-3-10)16(19)20/h2-5,14H,6-9H2,1H3,(H,15,18). The van der Waals surface area contributed by atoms with Gasteiger partial charge in [0, 0.05) is 37.3 Å². The van der Waals surface area contributed by atoms with Crippen molar-refractivity contribution in [2.45, 2.75) is 6.42 Å². The number of nitro groups is 1. The van der Waals surface area contributed by atoms with Crippen LogP contribution in [0.3, 0.4) is 0 Å². The number of amides is 1. The molecular formula is C13H17N3O5. The van der Waals surface area contributed by atoms with E-state index in [1.165, 1.54) is 31.4 Å². The van der Waals surface area contributed by atoms with Gasteiger partial charge in [0.2, 0.25) is 0 Å². The molecule has 1 rings (SSSR count). The first-order valence-electron chi connectivity index (χ1n) is 6.34. The zero-order valence-electron chi connectivity index (χ0n) is 11.6. The van der Waals surface area contributed by atoms with Crippen molar-refractivity contribution in [3.05, 3.63) is 39.9 Å². The monoisotopic (exact) mass is 295 g/mol. The fourth-order valence-corrected chi connectivity index (χ4v) is 1.52. The van der Waals surface area contributed by atoms with Crippen LogP contribution in [0, 0.1) is 10.1 Å². The molecule has 0 unspecified atom stereocenters. The Labute approximate surface area is 121 Å². The van der Waals surface area contributed by atoms with Crippen LogP contribution in [0.4, 0.5) is 5.69 Å². The summed E-state index contributed by atoms with van der Waals surface area (Å²) in [5.74, 6) is -0.600. The van der Waals surface area contributed by atoms with Crippen LogP contribution in [-0.4, -0.2) is 43.5 Å². The molecule has 0 fully saturated rings. The van der Waals surface area contributed by atoms with E-state index < -0.39 is 4.92 Å². The Hall–Kier alpha value is -2.48. The zero-order valence-corrected chi connectivity index (χ0v) is 11.6. The number of nitrogens with zero attached hydrogens (tertiary/aromatic N) is 1. The van der Waals surface area contributed by atoms with Gasteiger partial charge >= 0.3 is 5.97 Å². The number of non-ortho nitro benzene ring substituents is 1. The number of methoxy groups -OCH3 is 1. The zero-order chi connectivity index (χ0) is 15.7. The van der Waals surface area contributed by atoms with Crippen molar-refractivity contribution < 1.29 is 19.2 Å². The maximum absolute atomic E-state index is 11.7. The van der Waals surface area contributed by atoms with Gasteiger partial charge in [0.05, 0.1) is 18.5 Å². The van der Waals surface area contributed by atoms with Gasteiger partial charge in [-0.2, -0.15) is 0 Å². The van der Waals surface area contributed by atoms with Crippen molar-refractivity contribution >= 4 is 17.6 Å². The van der Waals surface area contributed by atoms with Gasteiger partial charge in [-0.05, 0) is 12.1 Å². The number of carbonyl (C=O) groups excluding carboxylic acids is 2. The van der Waals surface area contributed by atoms with Gasteiger partial charge in [-0.3, -0.25) is 19.7 Å². The molecule has 8 heteroatoms. The van der Waals surface area contributed by atoms with Crippen molar-refractivity contribution in [3.8, 4) is 0 Å². The number of hydrogen-bond acceptors (Lipinski definition) is 6. The lowest BCUT2D eigenvalue weighted by atomic mass is 10.2. The maximum Gasteiger partial charge on any atom is 0.306 e. The van der Waals surface area contributed by atoms with Crippen LogP contribution in [0.15, 0.2) is 24.3 Å². The number of nitro benzene ring substituents is 1. The van der Waals surface area contributed by atoms with E-state index in [4.69, 9.17) is 0 Å². The van der Waals surface area contributed by atoms with Crippen LogP contribution in [0.5, 0.6) is 0 Å². The Balaban J connectivity index is 2.24. The number of esters is 1. The Kier molecular flexibility index (Phi) is 6.82. The maximum atomic E-state index is 11.7. The molecule has 0 saturated carbocycles. The van der Waals surface area contributed by atoms with Crippen LogP contribution in [0.2, 0.25) is 0 Å². The number of nitrogens with one attached hydrogen (secondary N) is 2. The largest absolute Gasteiger partial charge is 0.469 e.